The molecule has 3 aromatic heterocycles. The summed E-state index contributed by atoms with van der Waals surface area (Å²) in [5, 5.41) is 1.74. The number of amides is 1. The van der Waals surface area contributed by atoms with Crippen molar-refractivity contribution in [1.82, 2.24) is 19.9 Å². The fraction of sp³-hybridized carbons (Fsp3) is 0.222. The first-order valence-electron chi connectivity index (χ1n) is 7.98. The first kappa shape index (κ1) is 15.7. The van der Waals surface area contributed by atoms with Gasteiger partial charge in [0, 0.05) is 30.2 Å². The second-order valence-electron chi connectivity index (χ2n) is 5.93. The number of aromatic amines is 1. The molecule has 0 bridgehead atoms. The number of Topliss-reactive ketones (excluding diaryl/α,β-unsaturated/α-hetero) is 1. The zero-order valence-electron chi connectivity index (χ0n) is 13.6. The molecule has 126 valence electrons. The molecule has 0 saturated heterocycles. The highest BCUT2D eigenvalue weighted by molar-refractivity contribution is 7.12. The van der Waals surface area contributed by atoms with E-state index in [4.69, 9.17) is 0 Å². The Labute approximate surface area is 148 Å². The molecule has 0 spiro atoms. The van der Waals surface area contributed by atoms with Gasteiger partial charge >= 0.3 is 0 Å². The lowest BCUT2D eigenvalue weighted by Crippen LogP contribution is -2.41. The Hall–Kier alpha value is -2.80. The maximum atomic E-state index is 13.1. The van der Waals surface area contributed by atoms with Crippen molar-refractivity contribution in [2.24, 2.45) is 0 Å². The molecule has 0 saturated carbocycles. The van der Waals surface area contributed by atoms with E-state index >= 15 is 0 Å². The van der Waals surface area contributed by atoms with Crippen molar-refractivity contribution in [2.45, 2.75) is 19.4 Å². The topological polar surface area (TPSA) is 79.0 Å². The number of carbonyl (C=O) groups excluding carboxylic acids is 2. The van der Waals surface area contributed by atoms with Gasteiger partial charge in [-0.2, -0.15) is 0 Å². The van der Waals surface area contributed by atoms with E-state index < -0.39 is 0 Å². The van der Waals surface area contributed by atoms with Crippen LogP contribution in [0.2, 0.25) is 0 Å². The van der Waals surface area contributed by atoms with E-state index in [0.717, 1.165) is 17.1 Å². The van der Waals surface area contributed by atoms with E-state index in [9.17, 15) is 9.59 Å². The fourth-order valence-corrected chi connectivity index (χ4v) is 3.92. The molecule has 4 rings (SSSR count). The Morgan fingerprint density at radius 3 is 2.92 bits per heavy atom. The molecule has 25 heavy (non-hydrogen) atoms. The Balaban J connectivity index is 1.74. The molecule has 0 aromatic carbocycles. The molecule has 1 aliphatic heterocycles. The molecule has 0 aliphatic carbocycles. The minimum absolute atomic E-state index is 0.0291. The van der Waals surface area contributed by atoms with Crippen LogP contribution >= 0.6 is 11.3 Å². The molecule has 6 nitrogen and oxygen atoms in total. The van der Waals surface area contributed by atoms with Crippen LogP contribution < -0.4 is 0 Å². The van der Waals surface area contributed by atoms with Crippen LogP contribution in [0, 0.1) is 0 Å². The van der Waals surface area contributed by atoms with Gasteiger partial charge in [-0.05, 0) is 25.1 Å². The molecule has 1 amide bonds. The van der Waals surface area contributed by atoms with Crippen molar-refractivity contribution in [3.8, 4) is 0 Å². The molecular formula is C18H16N4O2S. The number of thiophene rings is 1. The summed E-state index contributed by atoms with van der Waals surface area (Å²) in [6.45, 7) is 2.08. The lowest BCUT2D eigenvalue weighted by atomic mass is 9.98. The van der Waals surface area contributed by atoms with E-state index in [1.807, 2.05) is 18.2 Å². The Bertz CT molecular complexity index is 931. The second-order valence-corrected chi connectivity index (χ2v) is 6.84. The largest absolute Gasteiger partial charge is 0.348 e. The number of nitrogens with zero attached hydrogens (tertiary/aromatic N) is 3. The third-order valence-electron chi connectivity index (χ3n) is 4.35. The first-order valence-corrected chi connectivity index (χ1v) is 8.86. The first-order chi connectivity index (χ1) is 12.1. The molecule has 0 fully saturated rings. The maximum absolute atomic E-state index is 13.1. The van der Waals surface area contributed by atoms with E-state index in [1.54, 1.807) is 28.9 Å². The lowest BCUT2D eigenvalue weighted by Gasteiger charge is -2.34. The fourth-order valence-electron chi connectivity index (χ4n) is 3.13. The van der Waals surface area contributed by atoms with Gasteiger partial charge in [0.1, 0.15) is 6.04 Å². The highest BCUT2D eigenvalue weighted by atomic mass is 32.1. The monoisotopic (exact) mass is 352 g/mol. The second kappa shape index (κ2) is 6.25. The van der Waals surface area contributed by atoms with Crippen LogP contribution in [0.25, 0.3) is 0 Å². The molecule has 1 atom stereocenters. The number of imidazole rings is 1. The lowest BCUT2D eigenvalue weighted by molar-refractivity contribution is 0.0688. The van der Waals surface area contributed by atoms with E-state index in [2.05, 4.69) is 15.0 Å². The smallest absolute Gasteiger partial charge is 0.255 e. The van der Waals surface area contributed by atoms with Gasteiger partial charge in [0.15, 0.2) is 5.78 Å². The average molecular weight is 352 g/mol. The van der Waals surface area contributed by atoms with Crippen molar-refractivity contribution in [2.75, 3.05) is 6.54 Å². The van der Waals surface area contributed by atoms with Crippen molar-refractivity contribution < 1.29 is 9.59 Å². The highest BCUT2D eigenvalue weighted by Gasteiger charge is 2.35. The van der Waals surface area contributed by atoms with Gasteiger partial charge < -0.3 is 9.88 Å². The zero-order chi connectivity index (χ0) is 17.4. The van der Waals surface area contributed by atoms with Crippen molar-refractivity contribution in [3.63, 3.8) is 0 Å². The van der Waals surface area contributed by atoms with Crippen LogP contribution in [-0.4, -0.2) is 38.1 Å². The summed E-state index contributed by atoms with van der Waals surface area (Å²) in [5.41, 5.74) is 3.19. The Kier molecular flexibility index (Phi) is 3.93. The Morgan fingerprint density at radius 1 is 1.32 bits per heavy atom. The summed E-state index contributed by atoms with van der Waals surface area (Å²) >= 11 is 1.30. The quantitative estimate of drug-likeness (QED) is 0.735. The number of fused-ring (bicyclic) bond motifs is 1. The van der Waals surface area contributed by atoms with Gasteiger partial charge in [0.05, 0.1) is 28.2 Å². The number of hydrogen-bond donors (Lipinski definition) is 1. The van der Waals surface area contributed by atoms with Crippen LogP contribution in [0.4, 0.5) is 0 Å². The van der Waals surface area contributed by atoms with Crippen molar-refractivity contribution >= 4 is 23.0 Å². The van der Waals surface area contributed by atoms with Gasteiger partial charge in [0.25, 0.3) is 5.91 Å². The number of rotatable bonds is 3. The van der Waals surface area contributed by atoms with E-state index in [0.29, 0.717) is 23.4 Å². The number of ketones is 1. The number of pyridine rings is 1. The summed E-state index contributed by atoms with van der Waals surface area (Å²) in [6, 6.07) is 7.00. The predicted molar refractivity (Wildman–Crippen MR) is 93.7 cm³/mol. The summed E-state index contributed by atoms with van der Waals surface area (Å²) in [7, 11) is 0. The molecule has 1 N–H and O–H groups in total. The van der Waals surface area contributed by atoms with Gasteiger partial charge in [-0.1, -0.05) is 6.07 Å². The van der Waals surface area contributed by atoms with E-state index in [-0.39, 0.29) is 17.7 Å². The van der Waals surface area contributed by atoms with Crippen molar-refractivity contribution in [3.05, 3.63) is 69.7 Å². The number of nitrogens with one attached hydrogen (secondary N) is 1. The van der Waals surface area contributed by atoms with Gasteiger partial charge in [-0.25, -0.2) is 4.98 Å². The molecule has 1 aliphatic rings. The number of H-pyrrole nitrogens is 1. The summed E-state index contributed by atoms with van der Waals surface area (Å²) in [5.74, 6) is -0.133. The minimum Gasteiger partial charge on any atom is -0.348 e. The predicted octanol–water partition coefficient (Wildman–Crippen LogP) is 2.86. The molecule has 0 radical (unpaired) electrons. The van der Waals surface area contributed by atoms with Gasteiger partial charge in [-0.3, -0.25) is 14.6 Å². The summed E-state index contributed by atoms with van der Waals surface area (Å²) < 4.78 is 0. The van der Waals surface area contributed by atoms with E-state index in [1.165, 1.54) is 18.3 Å². The Morgan fingerprint density at radius 2 is 2.20 bits per heavy atom. The standard InChI is InChI=1S/C18H16N4O2S/c1-11(23)15-8-12(9-25-15)18(24)22-7-5-13-16(21-10-20-13)17(22)14-4-2-3-6-19-14/h2-4,6,8-10,17H,5,7H2,1H3,(H,20,21). The maximum Gasteiger partial charge on any atom is 0.255 e. The molecule has 4 heterocycles. The number of hydrogen-bond acceptors (Lipinski definition) is 5. The summed E-state index contributed by atoms with van der Waals surface area (Å²) in [6.07, 6.45) is 4.10. The van der Waals surface area contributed by atoms with Gasteiger partial charge in [0.2, 0.25) is 0 Å². The third-order valence-corrected chi connectivity index (χ3v) is 5.38. The van der Waals surface area contributed by atoms with Crippen LogP contribution in [0.1, 0.15) is 50.1 Å². The molecule has 3 aromatic rings. The minimum atomic E-state index is -0.329. The molecule has 1 unspecified atom stereocenters. The molecular weight excluding hydrogens is 336 g/mol. The average Bonchev–Trinajstić information content (AvgIpc) is 3.30. The number of carbonyl (C=O) groups is 2. The summed E-state index contributed by atoms with van der Waals surface area (Å²) in [4.78, 5) is 39.1. The van der Waals surface area contributed by atoms with Crippen molar-refractivity contribution in [1.29, 1.82) is 0 Å². The third kappa shape index (κ3) is 2.76. The molecule has 7 heteroatoms. The number of aromatic nitrogens is 3. The zero-order valence-corrected chi connectivity index (χ0v) is 14.4. The van der Waals surface area contributed by atoms with Crippen LogP contribution in [0.5, 0.6) is 0 Å². The van der Waals surface area contributed by atoms with Crippen LogP contribution in [0.15, 0.2) is 42.2 Å². The van der Waals surface area contributed by atoms with Crippen LogP contribution in [-0.2, 0) is 6.42 Å². The van der Waals surface area contributed by atoms with Crippen LogP contribution in [0.3, 0.4) is 0 Å². The van der Waals surface area contributed by atoms with Gasteiger partial charge in [-0.15, -0.1) is 11.3 Å². The normalized spacial score (nSPS) is 16.5. The highest BCUT2D eigenvalue weighted by Crippen LogP contribution is 2.33. The SMILES string of the molecule is CC(=O)c1cc(C(=O)N2CCc3[nH]cnc3C2c2ccccn2)cs1.